The van der Waals surface area contributed by atoms with E-state index in [0.29, 0.717) is 12.2 Å². The molecule has 0 amide bonds. The Hall–Kier alpha value is -2.25. The second kappa shape index (κ2) is 7.11. The van der Waals surface area contributed by atoms with Crippen molar-refractivity contribution in [2.24, 2.45) is 0 Å². The molecular formula is C17H16N2O3S2. The number of aromatic nitrogens is 2. The molecule has 1 aromatic carbocycles. The number of hydrogen-bond donors (Lipinski definition) is 0. The van der Waals surface area contributed by atoms with Crippen LogP contribution in [-0.4, -0.2) is 24.1 Å². The molecule has 0 aliphatic rings. The summed E-state index contributed by atoms with van der Waals surface area (Å²) >= 11 is 1.56. The molecule has 0 atom stereocenters. The Bertz CT molecular complexity index is 905. The maximum atomic E-state index is 11.7. The zero-order chi connectivity index (χ0) is 17.0. The molecule has 3 rings (SSSR count). The van der Waals surface area contributed by atoms with Crippen LogP contribution in [0.25, 0.3) is 21.0 Å². The molecule has 0 saturated heterocycles. The maximum absolute atomic E-state index is 11.7. The number of hydrogen-bond acceptors (Lipinski definition) is 6. The van der Waals surface area contributed by atoms with Gasteiger partial charge in [-0.2, -0.15) is 8.42 Å². The average Bonchev–Trinajstić information content (AvgIpc) is 3.06. The first kappa shape index (κ1) is 16.6. The van der Waals surface area contributed by atoms with Crippen LogP contribution in [0.2, 0.25) is 0 Å². The normalized spacial score (nSPS) is 11.4. The smallest absolute Gasteiger partial charge is 0.309 e. The zero-order valence-corrected chi connectivity index (χ0v) is 14.7. The van der Waals surface area contributed by atoms with Crippen molar-refractivity contribution < 1.29 is 12.6 Å². The van der Waals surface area contributed by atoms with Gasteiger partial charge in [0.2, 0.25) is 0 Å². The third kappa shape index (κ3) is 3.98. The summed E-state index contributed by atoms with van der Waals surface area (Å²) in [6, 6.07) is 10.8. The topological polar surface area (TPSA) is 69.2 Å². The first-order chi connectivity index (χ1) is 11.6. The number of benzene rings is 1. The molecule has 0 N–H and O–H groups in total. The molecule has 0 fully saturated rings. The summed E-state index contributed by atoms with van der Waals surface area (Å²) in [7, 11) is -3.51. The van der Waals surface area contributed by atoms with E-state index in [2.05, 4.69) is 9.97 Å². The first-order valence-electron chi connectivity index (χ1n) is 7.46. The molecule has 0 saturated carbocycles. The minimum absolute atomic E-state index is 0.0120. The fourth-order valence-corrected chi connectivity index (χ4v) is 4.04. The van der Waals surface area contributed by atoms with E-state index in [9.17, 15) is 8.42 Å². The SMILES string of the molecule is CCCS(=O)(=O)Oc1ccc(-c2cnc(-c3cccnc3)s2)cc1. The van der Waals surface area contributed by atoms with Gasteiger partial charge in [0.25, 0.3) is 0 Å². The number of pyridine rings is 1. The highest BCUT2D eigenvalue weighted by molar-refractivity contribution is 7.87. The maximum Gasteiger partial charge on any atom is 0.309 e. The van der Waals surface area contributed by atoms with Crippen molar-refractivity contribution in [3.05, 3.63) is 55.0 Å². The largest absolute Gasteiger partial charge is 0.382 e. The number of rotatable bonds is 6. The Morgan fingerprint density at radius 2 is 1.88 bits per heavy atom. The van der Waals surface area contributed by atoms with Crippen molar-refractivity contribution in [2.45, 2.75) is 13.3 Å². The molecule has 2 heterocycles. The minimum Gasteiger partial charge on any atom is -0.382 e. The number of nitrogens with zero attached hydrogens (tertiary/aromatic N) is 2. The molecule has 0 spiro atoms. The lowest BCUT2D eigenvalue weighted by molar-refractivity contribution is 0.485. The summed E-state index contributed by atoms with van der Waals surface area (Å²) in [5.74, 6) is 0.335. The standard InChI is InChI=1S/C17H16N2O3S2/c1-2-10-24(20,21)22-15-7-5-13(6-8-15)16-12-19-17(23-16)14-4-3-9-18-11-14/h3-9,11-12H,2,10H2,1H3. The van der Waals surface area contributed by atoms with Gasteiger partial charge in [0, 0.05) is 24.2 Å². The Kier molecular flexibility index (Phi) is 4.92. The van der Waals surface area contributed by atoms with Crippen molar-refractivity contribution in [1.29, 1.82) is 0 Å². The molecule has 7 heteroatoms. The Morgan fingerprint density at radius 1 is 1.08 bits per heavy atom. The quantitative estimate of drug-likeness (QED) is 0.622. The lowest BCUT2D eigenvalue weighted by Crippen LogP contribution is -2.12. The van der Waals surface area contributed by atoms with E-state index in [1.165, 1.54) is 0 Å². The van der Waals surface area contributed by atoms with Crippen LogP contribution in [0.1, 0.15) is 13.3 Å². The Labute approximate surface area is 145 Å². The van der Waals surface area contributed by atoms with E-state index in [1.54, 1.807) is 49.0 Å². The first-order valence-corrected chi connectivity index (χ1v) is 9.85. The van der Waals surface area contributed by atoms with Gasteiger partial charge in [-0.05, 0) is 48.4 Å². The highest BCUT2D eigenvalue weighted by atomic mass is 32.2. The molecule has 0 aliphatic carbocycles. The van der Waals surface area contributed by atoms with Gasteiger partial charge in [0.15, 0.2) is 0 Å². The molecule has 0 unspecified atom stereocenters. The van der Waals surface area contributed by atoms with Crippen LogP contribution in [-0.2, 0) is 10.1 Å². The second-order valence-electron chi connectivity index (χ2n) is 5.14. The third-order valence-corrected chi connectivity index (χ3v) is 5.68. The highest BCUT2D eigenvalue weighted by Gasteiger charge is 2.12. The van der Waals surface area contributed by atoms with Crippen molar-refractivity contribution in [2.75, 3.05) is 5.75 Å². The Morgan fingerprint density at radius 3 is 2.54 bits per heavy atom. The van der Waals surface area contributed by atoms with Gasteiger partial charge in [-0.15, -0.1) is 11.3 Å². The van der Waals surface area contributed by atoms with E-state index in [0.717, 1.165) is 21.0 Å². The minimum atomic E-state index is -3.51. The van der Waals surface area contributed by atoms with E-state index in [1.807, 2.05) is 24.3 Å². The summed E-state index contributed by atoms with van der Waals surface area (Å²) < 4.78 is 28.4. The van der Waals surface area contributed by atoms with Gasteiger partial charge in [-0.25, -0.2) is 4.98 Å². The van der Waals surface area contributed by atoms with Crippen molar-refractivity contribution >= 4 is 21.5 Å². The molecule has 0 aliphatic heterocycles. The van der Waals surface area contributed by atoms with Crippen LogP contribution in [0.15, 0.2) is 55.0 Å². The van der Waals surface area contributed by atoms with E-state index in [4.69, 9.17) is 4.18 Å². The summed E-state index contributed by atoms with van der Waals surface area (Å²) in [5.41, 5.74) is 1.93. The molecule has 3 aromatic rings. The summed E-state index contributed by atoms with van der Waals surface area (Å²) in [5, 5.41) is 0.893. The summed E-state index contributed by atoms with van der Waals surface area (Å²) in [6.07, 6.45) is 5.83. The van der Waals surface area contributed by atoms with Gasteiger partial charge in [-0.3, -0.25) is 4.98 Å². The van der Waals surface area contributed by atoms with E-state index in [-0.39, 0.29) is 5.75 Å². The Balaban J connectivity index is 1.78. The molecule has 5 nitrogen and oxygen atoms in total. The monoisotopic (exact) mass is 360 g/mol. The van der Waals surface area contributed by atoms with Crippen molar-refractivity contribution in [1.82, 2.24) is 9.97 Å². The van der Waals surface area contributed by atoms with Gasteiger partial charge in [0.1, 0.15) is 10.8 Å². The van der Waals surface area contributed by atoms with Gasteiger partial charge >= 0.3 is 10.1 Å². The molecule has 0 bridgehead atoms. The van der Waals surface area contributed by atoms with Crippen LogP contribution >= 0.6 is 11.3 Å². The molecule has 24 heavy (non-hydrogen) atoms. The van der Waals surface area contributed by atoms with Crippen LogP contribution in [0.5, 0.6) is 5.75 Å². The van der Waals surface area contributed by atoms with Crippen LogP contribution in [0.3, 0.4) is 0 Å². The van der Waals surface area contributed by atoms with E-state index < -0.39 is 10.1 Å². The fraction of sp³-hybridized carbons (Fsp3) is 0.176. The van der Waals surface area contributed by atoms with E-state index >= 15 is 0 Å². The van der Waals surface area contributed by atoms with Gasteiger partial charge < -0.3 is 4.18 Å². The molecule has 2 aromatic heterocycles. The fourth-order valence-electron chi connectivity index (χ4n) is 2.14. The van der Waals surface area contributed by atoms with Crippen molar-refractivity contribution in [3.63, 3.8) is 0 Å². The predicted molar refractivity (Wildman–Crippen MR) is 95.5 cm³/mol. The van der Waals surface area contributed by atoms with Crippen molar-refractivity contribution in [3.8, 4) is 26.8 Å². The van der Waals surface area contributed by atoms with Gasteiger partial charge in [0.05, 0.1) is 10.6 Å². The number of thiazole rings is 1. The van der Waals surface area contributed by atoms with Crippen LogP contribution in [0.4, 0.5) is 0 Å². The molecule has 0 radical (unpaired) electrons. The summed E-state index contributed by atoms with van der Waals surface area (Å²) in [4.78, 5) is 9.51. The van der Waals surface area contributed by atoms with Gasteiger partial charge in [-0.1, -0.05) is 6.92 Å². The zero-order valence-electron chi connectivity index (χ0n) is 13.0. The molecular weight excluding hydrogens is 344 g/mol. The summed E-state index contributed by atoms with van der Waals surface area (Å²) in [6.45, 7) is 1.80. The lowest BCUT2D eigenvalue weighted by Gasteiger charge is -2.06. The molecule has 124 valence electrons. The highest BCUT2D eigenvalue weighted by Crippen LogP contribution is 2.32. The second-order valence-corrected chi connectivity index (χ2v) is 7.86. The third-order valence-electron chi connectivity index (χ3n) is 3.23. The average molecular weight is 360 g/mol. The van der Waals surface area contributed by atoms with Crippen LogP contribution in [0, 0.1) is 0 Å². The predicted octanol–water partition coefficient (Wildman–Crippen LogP) is 3.99. The lowest BCUT2D eigenvalue weighted by atomic mass is 10.2. The van der Waals surface area contributed by atoms with Crippen LogP contribution < -0.4 is 4.18 Å².